The van der Waals surface area contributed by atoms with Crippen LogP contribution in [0.3, 0.4) is 0 Å². The highest BCUT2D eigenvalue weighted by atomic mass is 16.5. The van der Waals surface area contributed by atoms with Gasteiger partial charge in [-0.15, -0.1) is 0 Å². The first kappa shape index (κ1) is 16.0. The normalized spacial score (nSPS) is 10.6. The summed E-state index contributed by atoms with van der Waals surface area (Å²) in [5.41, 5.74) is 4.36. The Hall–Kier alpha value is -2.88. The first-order valence-electron chi connectivity index (χ1n) is 7.75. The Kier molecular flexibility index (Phi) is 4.47. The van der Waals surface area contributed by atoms with Crippen LogP contribution >= 0.6 is 0 Å². The molecule has 0 saturated heterocycles. The van der Waals surface area contributed by atoms with E-state index in [-0.39, 0.29) is 5.97 Å². The van der Waals surface area contributed by atoms with E-state index in [1.165, 1.54) is 12.7 Å². The number of pyridine rings is 1. The molecule has 122 valence electrons. The molecule has 0 spiro atoms. The molecule has 3 aromatic rings. The predicted octanol–water partition coefficient (Wildman–Crippen LogP) is 4.22. The standard InChI is InChI=1S/C20H19NO3/c1-13-4-6-15(7-5-13)12-24-19-10-14(2)21-18-11-16(20(22)23-3)8-9-17(18)19/h4-11H,12H2,1-3H3. The zero-order valence-corrected chi connectivity index (χ0v) is 14.0. The van der Waals surface area contributed by atoms with Gasteiger partial charge in [-0.25, -0.2) is 4.79 Å². The third-order valence-electron chi connectivity index (χ3n) is 3.84. The monoisotopic (exact) mass is 321 g/mol. The summed E-state index contributed by atoms with van der Waals surface area (Å²) in [5.74, 6) is 0.386. The number of ether oxygens (including phenoxy) is 2. The van der Waals surface area contributed by atoms with Crippen molar-refractivity contribution in [3.8, 4) is 5.75 Å². The molecule has 1 heterocycles. The van der Waals surface area contributed by atoms with Crippen molar-refractivity contribution in [2.24, 2.45) is 0 Å². The third kappa shape index (κ3) is 3.38. The van der Waals surface area contributed by atoms with E-state index in [0.717, 1.165) is 27.9 Å². The van der Waals surface area contributed by atoms with E-state index in [9.17, 15) is 4.79 Å². The number of carbonyl (C=O) groups excluding carboxylic acids is 1. The Bertz CT molecular complexity index is 885. The molecular weight excluding hydrogens is 302 g/mol. The molecule has 1 aromatic heterocycles. The number of hydrogen-bond donors (Lipinski definition) is 0. The molecular formula is C20H19NO3. The van der Waals surface area contributed by atoms with Crippen molar-refractivity contribution in [3.05, 3.63) is 70.9 Å². The molecule has 0 saturated carbocycles. The summed E-state index contributed by atoms with van der Waals surface area (Å²) in [6, 6.07) is 15.5. The summed E-state index contributed by atoms with van der Waals surface area (Å²) in [7, 11) is 1.37. The quantitative estimate of drug-likeness (QED) is 0.675. The SMILES string of the molecule is COC(=O)c1ccc2c(OCc3ccc(C)cc3)cc(C)nc2c1. The van der Waals surface area contributed by atoms with E-state index in [0.29, 0.717) is 12.2 Å². The Balaban J connectivity index is 1.92. The first-order valence-corrected chi connectivity index (χ1v) is 7.75. The highest BCUT2D eigenvalue weighted by Gasteiger charge is 2.10. The molecule has 0 fully saturated rings. The van der Waals surface area contributed by atoms with Gasteiger partial charge in [-0.2, -0.15) is 0 Å². The number of carbonyl (C=O) groups is 1. The smallest absolute Gasteiger partial charge is 0.337 e. The Morgan fingerprint density at radius 3 is 2.50 bits per heavy atom. The Morgan fingerprint density at radius 2 is 1.79 bits per heavy atom. The lowest BCUT2D eigenvalue weighted by Gasteiger charge is -2.11. The second-order valence-electron chi connectivity index (χ2n) is 5.76. The van der Waals surface area contributed by atoms with Crippen LogP contribution < -0.4 is 4.74 Å². The molecule has 2 aromatic carbocycles. The lowest BCUT2D eigenvalue weighted by molar-refractivity contribution is 0.0601. The molecule has 0 aliphatic carbocycles. The van der Waals surface area contributed by atoms with Gasteiger partial charge >= 0.3 is 5.97 Å². The van der Waals surface area contributed by atoms with Crippen molar-refractivity contribution in [1.82, 2.24) is 4.98 Å². The van der Waals surface area contributed by atoms with E-state index in [1.807, 2.05) is 19.1 Å². The third-order valence-corrected chi connectivity index (χ3v) is 3.84. The number of fused-ring (bicyclic) bond motifs is 1. The minimum atomic E-state index is -0.373. The number of aryl methyl sites for hydroxylation is 2. The highest BCUT2D eigenvalue weighted by Crippen LogP contribution is 2.27. The fourth-order valence-corrected chi connectivity index (χ4v) is 2.53. The van der Waals surface area contributed by atoms with Gasteiger partial charge in [0, 0.05) is 17.1 Å². The molecule has 0 amide bonds. The fraction of sp³-hybridized carbons (Fsp3) is 0.200. The Morgan fingerprint density at radius 1 is 1.04 bits per heavy atom. The van der Waals surface area contributed by atoms with Gasteiger partial charge in [-0.1, -0.05) is 29.8 Å². The maximum atomic E-state index is 11.7. The average Bonchev–Trinajstić information content (AvgIpc) is 2.59. The van der Waals surface area contributed by atoms with Gasteiger partial charge in [-0.05, 0) is 37.6 Å². The van der Waals surface area contributed by atoms with E-state index in [1.54, 1.807) is 12.1 Å². The van der Waals surface area contributed by atoms with Gasteiger partial charge in [-0.3, -0.25) is 4.98 Å². The molecule has 3 rings (SSSR count). The zero-order chi connectivity index (χ0) is 17.1. The van der Waals surface area contributed by atoms with Crippen molar-refractivity contribution in [2.45, 2.75) is 20.5 Å². The fourth-order valence-electron chi connectivity index (χ4n) is 2.53. The number of esters is 1. The minimum absolute atomic E-state index is 0.373. The van der Waals surface area contributed by atoms with E-state index in [2.05, 4.69) is 36.2 Å². The zero-order valence-electron chi connectivity index (χ0n) is 14.0. The molecule has 0 aliphatic heterocycles. The highest BCUT2D eigenvalue weighted by molar-refractivity contribution is 5.95. The van der Waals surface area contributed by atoms with Gasteiger partial charge in [0.1, 0.15) is 12.4 Å². The van der Waals surface area contributed by atoms with Crippen molar-refractivity contribution >= 4 is 16.9 Å². The van der Waals surface area contributed by atoms with Crippen LogP contribution in [0, 0.1) is 13.8 Å². The van der Waals surface area contributed by atoms with Crippen LogP contribution in [-0.4, -0.2) is 18.1 Å². The summed E-state index contributed by atoms with van der Waals surface area (Å²) in [5, 5.41) is 0.875. The van der Waals surface area contributed by atoms with Crippen molar-refractivity contribution in [1.29, 1.82) is 0 Å². The number of nitrogens with zero attached hydrogens (tertiary/aromatic N) is 1. The number of benzene rings is 2. The van der Waals surface area contributed by atoms with Gasteiger partial charge < -0.3 is 9.47 Å². The lowest BCUT2D eigenvalue weighted by atomic mass is 10.1. The molecule has 0 N–H and O–H groups in total. The van der Waals surface area contributed by atoms with Gasteiger partial charge in [0.15, 0.2) is 0 Å². The van der Waals surface area contributed by atoms with Crippen LogP contribution in [0.4, 0.5) is 0 Å². The van der Waals surface area contributed by atoms with Gasteiger partial charge in [0.2, 0.25) is 0 Å². The maximum Gasteiger partial charge on any atom is 0.337 e. The van der Waals surface area contributed by atoms with Crippen LogP contribution in [0.25, 0.3) is 10.9 Å². The second-order valence-corrected chi connectivity index (χ2v) is 5.76. The van der Waals surface area contributed by atoms with Crippen LogP contribution in [0.15, 0.2) is 48.5 Å². The summed E-state index contributed by atoms with van der Waals surface area (Å²) in [4.78, 5) is 16.2. The summed E-state index contributed by atoms with van der Waals surface area (Å²) >= 11 is 0. The number of aromatic nitrogens is 1. The van der Waals surface area contributed by atoms with Crippen LogP contribution in [0.2, 0.25) is 0 Å². The second kappa shape index (κ2) is 6.71. The van der Waals surface area contributed by atoms with Crippen molar-refractivity contribution < 1.29 is 14.3 Å². The van der Waals surface area contributed by atoms with Gasteiger partial charge in [0.05, 0.1) is 18.2 Å². The molecule has 0 aliphatic rings. The summed E-state index contributed by atoms with van der Waals surface area (Å²) in [6.45, 7) is 4.45. The maximum absolute atomic E-state index is 11.7. The number of hydrogen-bond acceptors (Lipinski definition) is 4. The molecule has 0 atom stereocenters. The molecule has 4 nitrogen and oxygen atoms in total. The predicted molar refractivity (Wildman–Crippen MR) is 93.3 cm³/mol. The van der Waals surface area contributed by atoms with Crippen molar-refractivity contribution in [3.63, 3.8) is 0 Å². The van der Waals surface area contributed by atoms with E-state index in [4.69, 9.17) is 9.47 Å². The van der Waals surface area contributed by atoms with Crippen LogP contribution in [0.5, 0.6) is 5.75 Å². The molecule has 0 bridgehead atoms. The van der Waals surface area contributed by atoms with Crippen molar-refractivity contribution in [2.75, 3.05) is 7.11 Å². The average molecular weight is 321 g/mol. The number of methoxy groups -OCH3 is 1. The molecule has 24 heavy (non-hydrogen) atoms. The molecule has 0 radical (unpaired) electrons. The molecule has 4 heteroatoms. The Labute approximate surface area is 141 Å². The van der Waals surface area contributed by atoms with Crippen LogP contribution in [0.1, 0.15) is 27.2 Å². The lowest BCUT2D eigenvalue weighted by Crippen LogP contribution is -2.02. The largest absolute Gasteiger partial charge is 0.488 e. The molecule has 0 unspecified atom stereocenters. The first-order chi connectivity index (χ1) is 11.6. The number of rotatable bonds is 4. The minimum Gasteiger partial charge on any atom is -0.488 e. The topological polar surface area (TPSA) is 48.4 Å². The summed E-state index contributed by atoms with van der Waals surface area (Å²) < 4.78 is 10.8. The van der Waals surface area contributed by atoms with E-state index < -0.39 is 0 Å². The summed E-state index contributed by atoms with van der Waals surface area (Å²) in [6.07, 6.45) is 0. The van der Waals surface area contributed by atoms with E-state index >= 15 is 0 Å². The van der Waals surface area contributed by atoms with Crippen LogP contribution in [-0.2, 0) is 11.3 Å². The van der Waals surface area contributed by atoms with Gasteiger partial charge in [0.25, 0.3) is 0 Å².